The van der Waals surface area contributed by atoms with Gasteiger partial charge >= 0.3 is 5.97 Å². The number of fused-ring (bicyclic) bond motifs is 1. The Hall–Kier alpha value is -4.66. The van der Waals surface area contributed by atoms with E-state index in [0.717, 1.165) is 16.9 Å². The maximum absolute atomic E-state index is 13.1. The lowest BCUT2D eigenvalue weighted by Gasteiger charge is -2.21. The molecule has 190 valence electrons. The number of methoxy groups -OCH3 is 1. The Morgan fingerprint density at radius 2 is 1.73 bits per heavy atom. The number of amides is 2. The molecule has 9 nitrogen and oxygen atoms in total. The highest BCUT2D eigenvalue weighted by Crippen LogP contribution is 2.37. The first kappa shape index (κ1) is 25.4. The number of rotatable bonds is 8. The number of pyridine rings is 1. The van der Waals surface area contributed by atoms with Crippen LogP contribution in [0, 0.1) is 0 Å². The van der Waals surface area contributed by atoms with E-state index in [0.29, 0.717) is 35.5 Å². The van der Waals surface area contributed by atoms with Crippen LogP contribution in [0.4, 0.5) is 17.1 Å². The molecule has 0 atom stereocenters. The van der Waals surface area contributed by atoms with E-state index in [-0.39, 0.29) is 17.5 Å². The van der Waals surface area contributed by atoms with Gasteiger partial charge in [-0.15, -0.1) is 0 Å². The van der Waals surface area contributed by atoms with Crippen molar-refractivity contribution in [2.75, 3.05) is 50.3 Å². The SMILES string of the molecule is COC(=O)c1cc2c(cn1)C(=C(Nc1ccc(N(C)CCC(=O)N(C)C)cc1)c1ccccc1)C(=O)N2. The Balaban J connectivity index is 1.65. The molecule has 9 heteroatoms. The summed E-state index contributed by atoms with van der Waals surface area (Å²) in [6.45, 7) is 0.598. The number of hydrogen-bond acceptors (Lipinski definition) is 7. The molecule has 3 aromatic rings. The Kier molecular flexibility index (Phi) is 7.52. The van der Waals surface area contributed by atoms with Crippen molar-refractivity contribution in [3.8, 4) is 0 Å². The zero-order chi connectivity index (χ0) is 26.5. The van der Waals surface area contributed by atoms with Crippen LogP contribution >= 0.6 is 0 Å². The maximum Gasteiger partial charge on any atom is 0.356 e. The fourth-order valence-corrected chi connectivity index (χ4v) is 3.97. The molecule has 0 aliphatic carbocycles. The molecule has 2 amide bonds. The number of hydrogen-bond donors (Lipinski definition) is 2. The molecule has 37 heavy (non-hydrogen) atoms. The normalized spacial score (nSPS) is 13.4. The van der Waals surface area contributed by atoms with E-state index in [9.17, 15) is 14.4 Å². The Labute approximate surface area is 215 Å². The van der Waals surface area contributed by atoms with Crippen molar-refractivity contribution in [1.29, 1.82) is 0 Å². The van der Waals surface area contributed by atoms with Gasteiger partial charge in [-0.2, -0.15) is 0 Å². The predicted octanol–water partition coefficient (Wildman–Crippen LogP) is 3.72. The molecule has 1 aliphatic rings. The molecule has 2 heterocycles. The number of ether oxygens (including phenoxy) is 1. The van der Waals surface area contributed by atoms with Crippen LogP contribution in [0.3, 0.4) is 0 Å². The minimum Gasteiger partial charge on any atom is -0.464 e. The number of esters is 1. The molecular formula is C28H29N5O4. The van der Waals surface area contributed by atoms with Gasteiger partial charge in [0.05, 0.1) is 24.1 Å². The first-order chi connectivity index (χ1) is 17.8. The van der Waals surface area contributed by atoms with Crippen molar-refractivity contribution >= 4 is 46.1 Å². The standard InChI is InChI=1S/C28H29N5O4/c1-32(2)24(34)14-15-33(3)20-12-10-19(11-13-20)30-26(18-8-6-5-7-9-18)25-21-17-29-23(28(36)37-4)16-22(21)31-27(25)35/h5-13,16-17,30H,14-15H2,1-4H3,(H,31,35). The second-order valence-corrected chi connectivity index (χ2v) is 8.81. The number of benzene rings is 2. The summed E-state index contributed by atoms with van der Waals surface area (Å²) in [4.78, 5) is 44.7. The van der Waals surface area contributed by atoms with Crippen LogP contribution in [0.2, 0.25) is 0 Å². The van der Waals surface area contributed by atoms with Crippen LogP contribution in [-0.4, -0.2) is 62.5 Å². The summed E-state index contributed by atoms with van der Waals surface area (Å²) in [5.41, 5.74) is 4.81. The molecule has 2 aromatic carbocycles. The van der Waals surface area contributed by atoms with E-state index in [4.69, 9.17) is 4.74 Å². The third-order valence-electron chi connectivity index (χ3n) is 6.09. The van der Waals surface area contributed by atoms with Gasteiger partial charge in [-0.25, -0.2) is 9.78 Å². The fraction of sp³-hybridized carbons (Fsp3) is 0.214. The molecule has 0 bridgehead atoms. The average Bonchev–Trinajstić information content (AvgIpc) is 3.24. The van der Waals surface area contributed by atoms with Crippen molar-refractivity contribution < 1.29 is 19.1 Å². The smallest absolute Gasteiger partial charge is 0.356 e. The zero-order valence-electron chi connectivity index (χ0n) is 21.2. The average molecular weight is 500 g/mol. The molecule has 0 saturated heterocycles. The number of carbonyl (C=O) groups is 3. The minimum absolute atomic E-state index is 0.0765. The molecule has 0 saturated carbocycles. The van der Waals surface area contributed by atoms with E-state index in [2.05, 4.69) is 15.6 Å². The van der Waals surface area contributed by atoms with Crippen LogP contribution in [0.5, 0.6) is 0 Å². The Bertz CT molecular complexity index is 1350. The lowest BCUT2D eigenvalue weighted by Crippen LogP contribution is -2.27. The Morgan fingerprint density at radius 1 is 1.03 bits per heavy atom. The van der Waals surface area contributed by atoms with Crippen LogP contribution < -0.4 is 15.5 Å². The predicted molar refractivity (Wildman–Crippen MR) is 144 cm³/mol. The topological polar surface area (TPSA) is 104 Å². The van der Waals surface area contributed by atoms with E-state index in [1.807, 2.05) is 66.5 Å². The first-order valence-electron chi connectivity index (χ1n) is 11.8. The Morgan fingerprint density at radius 3 is 2.38 bits per heavy atom. The number of nitrogens with zero attached hydrogens (tertiary/aromatic N) is 3. The van der Waals surface area contributed by atoms with E-state index >= 15 is 0 Å². The van der Waals surface area contributed by atoms with Crippen molar-refractivity contribution in [1.82, 2.24) is 9.88 Å². The van der Waals surface area contributed by atoms with Gasteiger partial charge in [0.25, 0.3) is 5.91 Å². The van der Waals surface area contributed by atoms with E-state index < -0.39 is 5.97 Å². The van der Waals surface area contributed by atoms with Crippen LogP contribution in [0.15, 0.2) is 66.9 Å². The van der Waals surface area contributed by atoms with E-state index in [1.165, 1.54) is 19.4 Å². The summed E-state index contributed by atoms with van der Waals surface area (Å²) in [6, 6.07) is 18.8. The lowest BCUT2D eigenvalue weighted by molar-refractivity contribution is -0.128. The summed E-state index contributed by atoms with van der Waals surface area (Å²) in [5, 5.41) is 6.24. The third-order valence-corrected chi connectivity index (χ3v) is 6.09. The van der Waals surface area contributed by atoms with Gasteiger partial charge in [-0.05, 0) is 35.9 Å². The summed E-state index contributed by atoms with van der Waals surface area (Å²) in [5.74, 6) is -0.799. The highest BCUT2D eigenvalue weighted by Gasteiger charge is 2.30. The summed E-state index contributed by atoms with van der Waals surface area (Å²) in [6.07, 6.45) is 1.93. The molecule has 0 unspecified atom stereocenters. The number of nitrogens with one attached hydrogen (secondary N) is 2. The van der Waals surface area contributed by atoms with Crippen molar-refractivity contribution in [2.45, 2.75) is 6.42 Å². The monoisotopic (exact) mass is 499 g/mol. The van der Waals surface area contributed by atoms with Crippen LogP contribution in [0.25, 0.3) is 11.3 Å². The van der Waals surface area contributed by atoms with Gasteiger partial charge in [0.1, 0.15) is 5.69 Å². The number of anilines is 3. The van der Waals surface area contributed by atoms with Crippen LogP contribution in [-0.2, 0) is 14.3 Å². The lowest BCUT2D eigenvalue weighted by atomic mass is 10.0. The second-order valence-electron chi connectivity index (χ2n) is 8.81. The summed E-state index contributed by atoms with van der Waals surface area (Å²) >= 11 is 0. The van der Waals surface area contributed by atoms with Gasteiger partial charge in [0.15, 0.2) is 0 Å². The van der Waals surface area contributed by atoms with Gasteiger partial charge in [0, 0.05) is 57.2 Å². The van der Waals surface area contributed by atoms with Crippen molar-refractivity contribution in [3.63, 3.8) is 0 Å². The number of carbonyl (C=O) groups excluding carboxylic acids is 3. The molecule has 0 spiro atoms. The molecule has 4 rings (SSSR count). The third kappa shape index (κ3) is 5.61. The van der Waals surface area contributed by atoms with Crippen molar-refractivity contribution in [3.05, 3.63) is 83.7 Å². The zero-order valence-corrected chi connectivity index (χ0v) is 21.2. The largest absolute Gasteiger partial charge is 0.464 e. The quantitative estimate of drug-likeness (QED) is 0.360. The highest BCUT2D eigenvalue weighted by molar-refractivity contribution is 6.37. The first-order valence-corrected chi connectivity index (χ1v) is 11.8. The molecule has 2 N–H and O–H groups in total. The van der Waals surface area contributed by atoms with Gasteiger partial charge < -0.3 is 25.2 Å². The van der Waals surface area contributed by atoms with Gasteiger partial charge in [-0.3, -0.25) is 9.59 Å². The molecule has 0 radical (unpaired) electrons. The molecule has 0 fully saturated rings. The van der Waals surface area contributed by atoms with Gasteiger partial charge in [-0.1, -0.05) is 30.3 Å². The van der Waals surface area contributed by atoms with E-state index in [1.54, 1.807) is 19.0 Å². The number of aromatic nitrogens is 1. The van der Waals surface area contributed by atoms with Crippen molar-refractivity contribution in [2.24, 2.45) is 0 Å². The second kappa shape index (κ2) is 10.9. The maximum atomic E-state index is 13.1. The molecular weight excluding hydrogens is 470 g/mol. The van der Waals surface area contributed by atoms with Crippen LogP contribution in [0.1, 0.15) is 28.0 Å². The molecule has 1 aliphatic heterocycles. The minimum atomic E-state index is -0.577. The molecule has 1 aromatic heterocycles. The highest BCUT2D eigenvalue weighted by atomic mass is 16.5. The summed E-state index contributed by atoms with van der Waals surface area (Å²) < 4.78 is 4.75. The van der Waals surface area contributed by atoms with Gasteiger partial charge in [0.2, 0.25) is 5.91 Å². The fourth-order valence-electron chi connectivity index (χ4n) is 3.97. The summed E-state index contributed by atoms with van der Waals surface area (Å²) in [7, 11) is 6.72.